The number of aromatic nitrogens is 1. The molecule has 0 atom stereocenters. The molecule has 2 saturated carbocycles. The Hall–Kier alpha value is -2.99. The number of hydrogen-bond acceptors (Lipinski definition) is 4. The molecule has 1 heterocycles. The number of rotatable bonds is 8. The van der Waals surface area contributed by atoms with Gasteiger partial charge >= 0.3 is 0 Å². The maximum Gasteiger partial charge on any atom is 0.254 e. The standard InChI is InChI=1S/C31H37N3O2S/c35-30(32-21-20-29-33-28(22-37-29)23-10-4-1-5-11-23)24-16-18-25(19-17-24)31(36)34(26-12-6-2-7-13-26)27-14-8-3-9-15-27/h1,4-5,10-11,16-19,22,26-27H,2-3,6-9,12-15,20-21H2,(H,32,35). The van der Waals surface area contributed by atoms with Gasteiger partial charge in [0.1, 0.15) is 0 Å². The van der Waals surface area contributed by atoms with Gasteiger partial charge < -0.3 is 10.2 Å². The van der Waals surface area contributed by atoms with Crippen LogP contribution in [0.2, 0.25) is 0 Å². The monoisotopic (exact) mass is 515 g/mol. The second-order valence-corrected chi connectivity index (χ2v) is 11.3. The first-order valence-corrected chi connectivity index (χ1v) is 14.8. The molecule has 2 aromatic carbocycles. The number of amides is 2. The first kappa shape index (κ1) is 25.7. The summed E-state index contributed by atoms with van der Waals surface area (Å²) in [6.45, 7) is 0.526. The molecule has 2 aliphatic carbocycles. The van der Waals surface area contributed by atoms with Crippen molar-refractivity contribution in [1.29, 1.82) is 0 Å². The molecule has 0 unspecified atom stereocenters. The summed E-state index contributed by atoms with van der Waals surface area (Å²) in [5, 5.41) is 6.07. The van der Waals surface area contributed by atoms with Crippen LogP contribution >= 0.6 is 11.3 Å². The summed E-state index contributed by atoms with van der Waals surface area (Å²) >= 11 is 1.62. The molecule has 2 amide bonds. The third kappa shape index (κ3) is 6.48. The fourth-order valence-electron chi connectivity index (χ4n) is 5.81. The molecule has 3 aromatic rings. The zero-order valence-corrected chi connectivity index (χ0v) is 22.3. The predicted octanol–water partition coefficient (Wildman–Crippen LogP) is 6.89. The minimum Gasteiger partial charge on any atom is -0.352 e. The van der Waals surface area contributed by atoms with E-state index in [-0.39, 0.29) is 11.8 Å². The molecule has 5 rings (SSSR count). The molecular formula is C31H37N3O2S. The first-order valence-electron chi connectivity index (χ1n) is 13.9. The van der Waals surface area contributed by atoms with E-state index in [0.29, 0.717) is 36.2 Å². The zero-order chi connectivity index (χ0) is 25.5. The zero-order valence-electron chi connectivity index (χ0n) is 21.5. The van der Waals surface area contributed by atoms with E-state index in [0.717, 1.165) is 41.9 Å². The minimum absolute atomic E-state index is 0.116. The maximum absolute atomic E-state index is 13.7. The van der Waals surface area contributed by atoms with Gasteiger partial charge in [-0.25, -0.2) is 4.98 Å². The summed E-state index contributed by atoms with van der Waals surface area (Å²) in [6, 6.07) is 18.1. The van der Waals surface area contributed by atoms with Crippen LogP contribution < -0.4 is 5.32 Å². The summed E-state index contributed by atoms with van der Waals surface area (Å²) in [4.78, 5) is 33.4. The molecule has 1 N–H and O–H groups in total. The molecule has 0 bridgehead atoms. The summed E-state index contributed by atoms with van der Waals surface area (Å²) in [6.07, 6.45) is 12.6. The van der Waals surface area contributed by atoms with E-state index in [9.17, 15) is 9.59 Å². The van der Waals surface area contributed by atoms with Crippen LogP contribution in [0.5, 0.6) is 0 Å². The fourth-order valence-corrected chi connectivity index (χ4v) is 6.62. The molecule has 0 saturated heterocycles. The van der Waals surface area contributed by atoms with Crippen molar-refractivity contribution in [2.24, 2.45) is 0 Å². The summed E-state index contributed by atoms with van der Waals surface area (Å²) in [5.74, 6) is 0.0269. The highest BCUT2D eigenvalue weighted by atomic mass is 32.1. The number of carbonyl (C=O) groups is 2. The second kappa shape index (κ2) is 12.5. The van der Waals surface area contributed by atoms with Gasteiger partial charge in [-0.3, -0.25) is 9.59 Å². The van der Waals surface area contributed by atoms with Crippen molar-refractivity contribution >= 4 is 23.2 Å². The normalized spacial score (nSPS) is 16.9. The topological polar surface area (TPSA) is 62.3 Å². The molecule has 0 spiro atoms. The van der Waals surface area contributed by atoms with E-state index >= 15 is 0 Å². The van der Waals surface area contributed by atoms with Crippen LogP contribution in [-0.2, 0) is 6.42 Å². The largest absolute Gasteiger partial charge is 0.352 e. The molecule has 6 heteroatoms. The lowest BCUT2D eigenvalue weighted by molar-refractivity contribution is 0.0448. The van der Waals surface area contributed by atoms with Crippen LogP contribution in [0.1, 0.15) is 89.9 Å². The average Bonchev–Trinajstić information content (AvgIpc) is 3.44. The molecular weight excluding hydrogens is 478 g/mol. The summed E-state index contributed by atoms with van der Waals surface area (Å²) < 4.78 is 0. The van der Waals surface area contributed by atoms with Gasteiger partial charge in [-0.05, 0) is 49.9 Å². The van der Waals surface area contributed by atoms with Crippen LogP contribution in [0.3, 0.4) is 0 Å². The van der Waals surface area contributed by atoms with E-state index in [1.807, 2.05) is 30.3 Å². The average molecular weight is 516 g/mol. The lowest BCUT2D eigenvalue weighted by Gasteiger charge is -2.42. The van der Waals surface area contributed by atoms with Crippen molar-refractivity contribution < 1.29 is 9.59 Å². The third-order valence-electron chi connectivity index (χ3n) is 7.81. The van der Waals surface area contributed by atoms with Crippen molar-refractivity contribution in [3.05, 3.63) is 76.1 Å². The number of nitrogens with zero attached hydrogens (tertiary/aromatic N) is 2. The predicted molar refractivity (Wildman–Crippen MR) is 150 cm³/mol. The van der Waals surface area contributed by atoms with Crippen molar-refractivity contribution in [3.63, 3.8) is 0 Å². The minimum atomic E-state index is -0.116. The Bertz CT molecular complexity index is 1140. The Balaban J connectivity index is 1.17. The Morgan fingerprint density at radius 3 is 2.03 bits per heavy atom. The number of hydrogen-bond donors (Lipinski definition) is 1. The Morgan fingerprint density at radius 2 is 1.41 bits per heavy atom. The fraction of sp³-hybridized carbons (Fsp3) is 0.452. The number of thiazole rings is 1. The van der Waals surface area contributed by atoms with E-state index in [1.54, 1.807) is 23.5 Å². The van der Waals surface area contributed by atoms with Gasteiger partial charge in [-0.1, -0.05) is 68.9 Å². The van der Waals surface area contributed by atoms with E-state index in [2.05, 4.69) is 27.7 Å². The van der Waals surface area contributed by atoms with E-state index in [1.165, 1.54) is 38.5 Å². The number of nitrogens with one attached hydrogen (secondary N) is 1. The quantitative estimate of drug-likeness (QED) is 0.355. The highest BCUT2D eigenvalue weighted by Gasteiger charge is 2.33. The summed E-state index contributed by atoms with van der Waals surface area (Å²) in [5.41, 5.74) is 3.36. The molecule has 2 fully saturated rings. The van der Waals surface area contributed by atoms with Crippen LogP contribution in [-0.4, -0.2) is 40.3 Å². The van der Waals surface area contributed by atoms with Gasteiger partial charge in [0.25, 0.3) is 11.8 Å². The molecule has 37 heavy (non-hydrogen) atoms. The SMILES string of the molecule is O=C(NCCc1nc(-c2ccccc2)cs1)c1ccc(C(=O)N(C2CCCCC2)C2CCCCC2)cc1. The molecule has 194 valence electrons. The first-order chi connectivity index (χ1) is 18.2. The lowest BCUT2D eigenvalue weighted by Crippen LogP contribution is -2.48. The van der Waals surface area contributed by atoms with Gasteiger partial charge in [0.2, 0.25) is 0 Å². The van der Waals surface area contributed by atoms with Crippen molar-refractivity contribution in [2.45, 2.75) is 82.7 Å². The van der Waals surface area contributed by atoms with Crippen LogP contribution in [0.25, 0.3) is 11.3 Å². The van der Waals surface area contributed by atoms with Gasteiger partial charge in [0, 0.05) is 47.1 Å². The lowest BCUT2D eigenvalue weighted by atomic mass is 9.88. The Morgan fingerprint density at radius 1 is 0.811 bits per heavy atom. The highest BCUT2D eigenvalue weighted by molar-refractivity contribution is 7.09. The van der Waals surface area contributed by atoms with Crippen LogP contribution in [0, 0.1) is 0 Å². The van der Waals surface area contributed by atoms with Crippen LogP contribution in [0.15, 0.2) is 60.0 Å². The molecule has 5 nitrogen and oxygen atoms in total. The Labute approximate surface area is 224 Å². The van der Waals surface area contributed by atoms with Crippen molar-refractivity contribution in [2.75, 3.05) is 6.54 Å². The van der Waals surface area contributed by atoms with Crippen molar-refractivity contribution in [1.82, 2.24) is 15.2 Å². The van der Waals surface area contributed by atoms with E-state index < -0.39 is 0 Å². The second-order valence-electron chi connectivity index (χ2n) is 10.4. The maximum atomic E-state index is 13.7. The number of carbonyl (C=O) groups excluding carboxylic acids is 2. The Kier molecular flexibility index (Phi) is 8.67. The van der Waals surface area contributed by atoms with E-state index in [4.69, 9.17) is 4.98 Å². The van der Waals surface area contributed by atoms with Crippen LogP contribution in [0.4, 0.5) is 0 Å². The smallest absolute Gasteiger partial charge is 0.254 e. The number of benzene rings is 2. The van der Waals surface area contributed by atoms with Gasteiger partial charge in [0.05, 0.1) is 10.7 Å². The summed E-state index contributed by atoms with van der Waals surface area (Å²) in [7, 11) is 0. The van der Waals surface area contributed by atoms with Gasteiger partial charge in [-0.2, -0.15) is 0 Å². The van der Waals surface area contributed by atoms with Gasteiger partial charge in [-0.15, -0.1) is 11.3 Å². The third-order valence-corrected chi connectivity index (χ3v) is 8.72. The highest BCUT2D eigenvalue weighted by Crippen LogP contribution is 2.31. The van der Waals surface area contributed by atoms with Crippen molar-refractivity contribution in [3.8, 4) is 11.3 Å². The molecule has 2 aliphatic rings. The molecule has 0 aliphatic heterocycles. The van der Waals surface area contributed by atoms with Gasteiger partial charge in [0.15, 0.2) is 0 Å². The molecule has 0 radical (unpaired) electrons. The molecule has 1 aromatic heterocycles.